The molecule has 6 heteroatoms. The number of carbonyl (C=O) groups is 2. The normalized spacial score (nSPS) is 14.9. The van der Waals surface area contributed by atoms with Crippen LogP contribution in [0.25, 0.3) is 0 Å². The molecule has 3 amide bonds. The summed E-state index contributed by atoms with van der Waals surface area (Å²) in [5.74, 6) is 0.350. The first kappa shape index (κ1) is 16.1. The van der Waals surface area contributed by atoms with Gasteiger partial charge in [0.2, 0.25) is 5.91 Å². The summed E-state index contributed by atoms with van der Waals surface area (Å²) in [7, 11) is 1.53. The fourth-order valence-corrected chi connectivity index (χ4v) is 2.54. The Hall–Kier alpha value is -2.24. The van der Waals surface area contributed by atoms with Gasteiger partial charge >= 0.3 is 6.03 Å². The quantitative estimate of drug-likeness (QED) is 0.901. The molecule has 1 aliphatic rings. The molecule has 0 aromatic heterocycles. The van der Waals surface area contributed by atoms with Crippen molar-refractivity contribution < 1.29 is 14.3 Å². The first-order chi connectivity index (χ1) is 10.6. The molecule has 0 unspecified atom stereocenters. The molecule has 1 fully saturated rings. The number of anilines is 2. The van der Waals surface area contributed by atoms with Crippen LogP contribution < -0.4 is 15.4 Å². The average Bonchev–Trinajstić information content (AvgIpc) is 2.77. The molecule has 120 valence electrons. The van der Waals surface area contributed by atoms with Gasteiger partial charge in [0.1, 0.15) is 5.75 Å². The molecule has 1 heterocycles. The van der Waals surface area contributed by atoms with Crippen LogP contribution in [0.3, 0.4) is 0 Å². The summed E-state index contributed by atoms with van der Waals surface area (Å²) in [4.78, 5) is 25.3. The van der Waals surface area contributed by atoms with E-state index in [1.54, 1.807) is 18.2 Å². The molecule has 0 saturated carbocycles. The third-order valence-corrected chi connectivity index (χ3v) is 3.66. The molecule has 0 spiro atoms. The number of nitrogens with one attached hydrogen (secondary N) is 2. The molecule has 1 aromatic rings. The van der Waals surface area contributed by atoms with Gasteiger partial charge in [-0.2, -0.15) is 0 Å². The van der Waals surface area contributed by atoms with Crippen LogP contribution in [0.2, 0.25) is 0 Å². The van der Waals surface area contributed by atoms with Crippen molar-refractivity contribution in [1.29, 1.82) is 0 Å². The van der Waals surface area contributed by atoms with Gasteiger partial charge in [-0.3, -0.25) is 4.79 Å². The van der Waals surface area contributed by atoms with Crippen LogP contribution in [0, 0.1) is 0 Å². The van der Waals surface area contributed by atoms with E-state index in [2.05, 4.69) is 10.6 Å². The maximum Gasteiger partial charge on any atom is 0.321 e. The lowest BCUT2D eigenvalue weighted by molar-refractivity contribution is -0.114. The Balaban J connectivity index is 2.05. The molecule has 1 aliphatic heterocycles. The number of hydrogen-bond donors (Lipinski definition) is 2. The van der Waals surface area contributed by atoms with Crippen molar-refractivity contribution in [3.8, 4) is 5.75 Å². The van der Waals surface area contributed by atoms with Crippen molar-refractivity contribution >= 4 is 23.3 Å². The van der Waals surface area contributed by atoms with Crippen LogP contribution in [-0.4, -0.2) is 37.0 Å². The molecule has 0 aliphatic carbocycles. The second kappa shape index (κ2) is 7.68. The predicted octanol–water partition coefficient (Wildman–Crippen LogP) is 3.06. The van der Waals surface area contributed by atoms with Gasteiger partial charge in [-0.1, -0.05) is 12.8 Å². The summed E-state index contributed by atoms with van der Waals surface area (Å²) >= 11 is 0. The Labute approximate surface area is 130 Å². The van der Waals surface area contributed by atoms with Gasteiger partial charge in [0.25, 0.3) is 0 Å². The topological polar surface area (TPSA) is 70.7 Å². The zero-order chi connectivity index (χ0) is 15.9. The second-order valence-electron chi connectivity index (χ2n) is 5.43. The highest BCUT2D eigenvalue weighted by atomic mass is 16.5. The largest absolute Gasteiger partial charge is 0.494 e. The number of nitrogens with zero attached hydrogens (tertiary/aromatic N) is 1. The van der Waals surface area contributed by atoms with Crippen molar-refractivity contribution in [3.05, 3.63) is 18.2 Å². The third-order valence-electron chi connectivity index (χ3n) is 3.66. The van der Waals surface area contributed by atoms with Gasteiger partial charge in [0.15, 0.2) is 0 Å². The van der Waals surface area contributed by atoms with Gasteiger partial charge in [-0.15, -0.1) is 0 Å². The molecule has 0 radical (unpaired) electrons. The number of amides is 3. The van der Waals surface area contributed by atoms with Crippen LogP contribution >= 0.6 is 0 Å². The van der Waals surface area contributed by atoms with Crippen LogP contribution in [0.4, 0.5) is 16.2 Å². The summed E-state index contributed by atoms with van der Waals surface area (Å²) in [6.45, 7) is 3.04. The fraction of sp³-hybridized carbons (Fsp3) is 0.500. The highest BCUT2D eigenvalue weighted by Crippen LogP contribution is 2.28. The van der Waals surface area contributed by atoms with Crippen molar-refractivity contribution in [1.82, 2.24) is 4.90 Å². The van der Waals surface area contributed by atoms with Crippen molar-refractivity contribution in [2.75, 3.05) is 30.8 Å². The number of likely N-dealkylation sites (tertiary alicyclic amines) is 1. The van der Waals surface area contributed by atoms with E-state index in [0.717, 1.165) is 25.9 Å². The number of hydrogen-bond acceptors (Lipinski definition) is 3. The Kier molecular flexibility index (Phi) is 5.63. The molecule has 22 heavy (non-hydrogen) atoms. The first-order valence-corrected chi connectivity index (χ1v) is 7.61. The van der Waals surface area contributed by atoms with Gasteiger partial charge in [0.05, 0.1) is 12.8 Å². The number of carbonyl (C=O) groups excluding carboxylic acids is 2. The number of ether oxygens (including phenoxy) is 1. The highest BCUT2D eigenvalue weighted by Gasteiger charge is 2.16. The van der Waals surface area contributed by atoms with E-state index in [0.29, 0.717) is 17.1 Å². The van der Waals surface area contributed by atoms with Gasteiger partial charge in [-0.05, 0) is 25.0 Å². The lowest BCUT2D eigenvalue weighted by Crippen LogP contribution is -2.35. The summed E-state index contributed by atoms with van der Waals surface area (Å²) in [5.41, 5.74) is 1.24. The van der Waals surface area contributed by atoms with Crippen molar-refractivity contribution in [2.45, 2.75) is 32.6 Å². The molecule has 2 rings (SSSR count). The Bertz CT molecular complexity index is 537. The van der Waals surface area contributed by atoms with Crippen LogP contribution in [0.15, 0.2) is 18.2 Å². The number of rotatable bonds is 3. The van der Waals surface area contributed by atoms with Gasteiger partial charge in [-0.25, -0.2) is 4.79 Å². The van der Waals surface area contributed by atoms with E-state index in [4.69, 9.17) is 4.74 Å². The standard InChI is InChI=1S/C16H23N3O3/c1-12(20)17-14-8-7-13(11-15(14)22-2)18-16(21)19-9-5-3-4-6-10-19/h7-8,11H,3-6,9-10H2,1-2H3,(H,17,20)(H,18,21). The number of benzene rings is 1. The van der Waals surface area contributed by atoms with Crippen molar-refractivity contribution in [2.24, 2.45) is 0 Å². The van der Waals surface area contributed by atoms with Crippen molar-refractivity contribution in [3.63, 3.8) is 0 Å². The first-order valence-electron chi connectivity index (χ1n) is 7.61. The Morgan fingerprint density at radius 1 is 1.09 bits per heavy atom. The van der Waals surface area contributed by atoms with E-state index in [1.165, 1.54) is 26.9 Å². The van der Waals surface area contributed by atoms with Crippen LogP contribution in [0.1, 0.15) is 32.6 Å². The smallest absolute Gasteiger partial charge is 0.321 e. The van der Waals surface area contributed by atoms with Gasteiger partial charge < -0.3 is 20.3 Å². The monoisotopic (exact) mass is 305 g/mol. The average molecular weight is 305 g/mol. The Morgan fingerprint density at radius 2 is 1.77 bits per heavy atom. The number of methoxy groups -OCH3 is 1. The third kappa shape index (κ3) is 4.38. The summed E-state index contributed by atoms with van der Waals surface area (Å²) in [5, 5.41) is 5.58. The molecule has 0 bridgehead atoms. The summed E-state index contributed by atoms with van der Waals surface area (Å²) in [6.07, 6.45) is 4.47. The fourth-order valence-electron chi connectivity index (χ4n) is 2.54. The molecular formula is C16H23N3O3. The van der Waals surface area contributed by atoms with Crippen LogP contribution in [0.5, 0.6) is 5.75 Å². The maximum atomic E-state index is 12.3. The SMILES string of the molecule is COc1cc(NC(=O)N2CCCCCC2)ccc1NC(C)=O. The molecule has 1 saturated heterocycles. The van der Waals surface area contributed by atoms with Gasteiger partial charge in [0, 0.05) is 31.8 Å². The van der Waals surface area contributed by atoms with E-state index in [-0.39, 0.29) is 11.9 Å². The predicted molar refractivity (Wildman–Crippen MR) is 86.4 cm³/mol. The zero-order valence-electron chi connectivity index (χ0n) is 13.1. The Morgan fingerprint density at radius 3 is 2.36 bits per heavy atom. The minimum absolute atomic E-state index is 0.0868. The van der Waals surface area contributed by atoms with E-state index >= 15 is 0 Å². The molecule has 0 atom stereocenters. The minimum Gasteiger partial charge on any atom is -0.494 e. The maximum absolute atomic E-state index is 12.3. The summed E-state index contributed by atoms with van der Waals surface area (Å²) < 4.78 is 5.25. The van der Waals surface area contributed by atoms with Crippen LogP contribution in [-0.2, 0) is 4.79 Å². The molecule has 1 aromatic carbocycles. The molecule has 6 nitrogen and oxygen atoms in total. The zero-order valence-corrected chi connectivity index (χ0v) is 13.1. The molecular weight excluding hydrogens is 282 g/mol. The number of urea groups is 1. The minimum atomic E-state index is -0.167. The molecule has 2 N–H and O–H groups in total. The highest BCUT2D eigenvalue weighted by molar-refractivity contribution is 5.93. The lowest BCUT2D eigenvalue weighted by Gasteiger charge is -2.21. The van der Waals surface area contributed by atoms with E-state index in [1.807, 2.05) is 4.90 Å². The van der Waals surface area contributed by atoms with E-state index in [9.17, 15) is 9.59 Å². The lowest BCUT2D eigenvalue weighted by atomic mass is 10.2. The second-order valence-corrected chi connectivity index (χ2v) is 5.43. The van der Waals surface area contributed by atoms with E-state index < -0.39 is 0 Å². The summed E-state index contributed by atoms with van der Waals surface area (Å²) in [6, 6.07) is 5.10.